The molecule has 8 heteroatoms. The maximum absolute atomic E-state index is 12.7. The number of rotatable bonds is 7. The molecule has 0 aliphatic rings. The van der Waals surface area contributed by atoms with Crippen LogP contribution in [0.4, 0.5) is 18.9 Å². The van der Waals surface area contributed by atoms with Gasteiger partial charge in [0.05, 0.1) is 17.1 Å². The van der Waals surface area contributed by atoms with Crippen LogP contribution in [-0.2, 0) is 16.2 Å². The molecule has 0 saturated carbocycles. The van der Waals surface area contributed by atoms with Crippen molar-refractivity contribution in [1.82, 2.24) is 0 Å². The van der Waals surface area contributed by atoms with E-state index in [-0.39, 0.29) is 10.6 Å². The summed E-state index contributed by atoms with van der Waals surface area (Å²) < 4.78 is 70.3. The third-order valence-corrected chi connectivity index (χ3v) is 4.74. The summed E-state index contributed by atoms with van der Waals surface area (Å²) in [4.78, 5) is -0.0623. The van der Waals surface area contributed by atoms with Crippen molar-refractivity contribution < 1.29 is 26.3 Å². The number of unbranched alkanes of at least 4 members (excludes halogenated alkanes) is 1. The molecule has 2 aromatic rings. The minimum Gasteiger partial charge on any atom is -0.494 e. The number of hydrogen-bond donors (Lipinski definition) is 1. The molecule has 0 heterocycles. The van der Waals surface area contributed by atoms with E-state index in [1.807, 2.05) is 6.92 Å². The lowest BCUT2D eigenvalue weighted by Crippen LogP contribution is -2.14. The largest absolute Gasteiger partial charge is 0.494 e. The van der Waals surface area contributed by atoms with Crippen LogP contribution < -0.4 is 9.46 Å². The molecule has 0 aliphatic carbocycles. The fraction of sp³-hybridized carbons (Fsp3) is 0.294. The minimum atomic E-state index is -4.54. The van der Waals surface area contributed by atoms with Gasteiger partial charge in [-0.2, -0.15) is 13.2 Å². The van der Waals surface area contributed by atoms with Crippen LogP contribution in [0.2, 0.25) is 0 Å². The van der Waals surface area contributed by atoms with E-state index in [9.17, 15) is 21.6 Å². The van der Waals surface area contributed by atoms with Gasteiger partial charge in [-0.05, 0) is 48.9 Å². The molecule has 0 unspecified atom stereocenters. The van der Waals surface area contributed by atoms with Crippen LogP contribution >= 0.6 is 0 Å². The van der Waals surface area contributed by atoms with Gasteiger partial charge >= 0.3 is 6.18 Å². The van der Waals surface area contributed by atoms with E-state index in [1.54, 1.807) is 0 Å². The maximum Gasteiger partial charge on any atom is 0.416 e. The smallest absolute Gasteiger partial charge is 0.416 e. The molecule has 0 spiro atoms. The number of sulfonamides is 1. The first-order valence-electron chi connectivity index (χ1n) is 7.65. The Labute approximate surface area is 144 Å². The molecular formula is C17H18F3NO3S. The van der Waals surface area contributed by atoms with Gasteiger partial charge in [-0.3, -0.25) is 4.72 Å². The Morgan fingerprint density at radius 2 is 1.76 bits per heavy atom. The lowest BCUT2D eigenvalue weighted by Gasteiger charge is -2.12. The number of benzene rings is 2. The molecule has 0 radical (unpaired) electrons. The third-order valence-electron chi connectivity index (χ3n) is 3.34. The standard InChI is InChI=1S/C17H18F3NO3S/c1-2-3-11-24-15-7-9-16(10-8-15)25(22,23)21-14-6-4-5-13(12-14)17(18,19)20/h4-10,12,21H,2-3,11H2,1H3. The molecule has 0 aromatic heterocycles. The maximum atomic E-state index is 12.7. The van der Waals surface area contributed by atoms with Gasteiger partial charge < -0.3 is 4.74 Å². The predicted molar refractivity (Wildman–Crippen MR) is 89.1 cm³/mol. The third kappa shape index (κ3) is 5.38. The van der Waals surface area contributed by atoms with Gasteiger partial charge in [0.2, 0.25) is 0 Å². The summed E-state index contributed by atoms with van der Waals surface area (Å²) in [5.74, 6) is 0.534. The average Bonchev–Trinajstić information content (AvgIpc) is 2.55. The first-order valence-corrected chi connectivity index (χ1v) is 9.13. The molecule has 0 aliphatic heterocycles. The molecule has 0 saturated heterocycles. The number of nitrogens with one attached hydrogen (secondary N) is 1. The van der Waals surface area contributed by atoms with Crippen molar-refractivity contribution >= 4 is 15.7 Å². The highest BCUT2D eigenvalue weighted by molar-refractivity contribution is 7.92. The highest BCUT2D eigenvalue weighted by atomic mass is 32.2. The van der Waals surface area contributed by atoms with Gasteiger partial charge in [-0.15, -0.1) is 0 Å². The molecule has 0 atom stereocenters. The van der Waals surface area contributed by atoms with Gasteiger partial charge in [-0.25, -0.2) is 8.42 Å². The second kappa shape index (κ2) is 7.77. The lowest BCUT2D eigenvalue weighted by molar-refractivity contribution is -0.137. The fourth-order valence-electron chi connectivity index (χ4n) is 2.02. The second-order valence-corrected chi connectivity index (χ2v) is 7.04. The molecule has 1 N–H and O–H groups in total. The van der Waals surface area contributed by atoms with Crippen LogP contribution in [0.1, 0.15) is 25.3 Å². The van der Waals surface area contributed by atoms with Crippen molar-refractivity contribution in [1.29, 1.82) is 0 Å². The van der Waals surface area contributed by atoms with Crippen LogP contribution in [0.15, 0.2) is 53.4 Å². The zero-order valence-electron chi connectivity index (χ0n) is 13.5. The molecule has 0 fully saturated rings. The van der Waals surface area contributed by atoms with Crippen LogP contribution in [0.5, 0.6) is 5.75 Å². The van der Waals surface area contributed by atoms with Crippen molar-refractivity contribution in [3.63, 3.8) is 0 Å². The van der Waals surface area contributed by atoms with Crippen LogP contribution in [0.3, 0.4) is 0 Å². The topological polar surface area (TPSA) is 55.4 Å². The Morgan fingerprint density at radius 1 is 1.08 bits per heavy atom. The van der Waals surface area contributed by atoms with E-state index in [0.717, 1.165) is 31.0 Å². The Balaban J connectivity index is 2.14. The SMILES string of the molecule is CCCCOc1ccc(S(=O)(=O)Nc2cccc(C(F)(F)F)c2)cc1. The minimum absolute atomic E-state index is 0.0623. The molecule has 2 aromatic carbocycles. The monoisotopic (exact) mass is 373 g/mol. The number of anilines is 1. The molecule has 25 heavy (non-hydrogen) atoms. The van der Waals surface area contributed by atoms with Gasteiger partial charge in [0.25, 0.3) is 10.0 Å². The zero-order valence-corrected chi connectivity index (χ0v) is 14.3. The fourth-order valence-corrected chi connectivity index (χ4v) is 3.07. The normalized spacial score (nSPS) is 12.0. The molecule has 2 rings (SSSR count). The Hall–Kier alpha value is -2.22. The summed E-state index contributed by atoms with van der Waals surface area (Å²) in [6.45, 7) is 2.56. The molecule has 4 nitrogen and oxygen atoms in total. The van der Waals surface area contributed by atoms with E-state index in [0.29, 0.717) is 12.4 Å². The van der Waals surface area contributed by atoms with E-state index >= 15 is 0 Å². The van der Waals surface area contributed by atoms with E-state index in [2.05, 4.69) is 4.72 Å². The number of ether oxygens (including phenoxy) is 1. The van der Waals surface area contributed by atoms with Crippen molar-refractivity contribution in [3.05, 3.63) is 54.1 Å². The summed E-state index contributed by atoms with van der Waals surface area (Å²) in [5, 5.41) is 0. The predicted octanol–water partition coefficient (Wildman–Crippen LogP) is 4.69. The van der Waals surface area contributed by atoms with E-state index < -0.39 is 21.8 Å². The van der Waals surface area contributed by atoms with Gasteiger partial charge in [0, 0.05) is 5.69 Å². The van der Waals surface area contributed by atoms with Gasteiger partial charge in [-0.1, -0.05) is 19.4 Å². The summed E-state index contributed by atoms with van der Waals surface area (Å²) in [6.07, 6.45) is -2.68. The van der Waals surface area contributed by atoms with Crippen LogP contribution in [0.25, 0.3) is 0 Å². The summed E-state index contributed by atoms with van der Waals surface area (Å²) in [7, 11) is -3.99. The first-order chi connectivity index (χ1) is 11.7. The van der Waals surface area contributed by atoms with Crippen LogP contribution in [-0.4, -0.2) is 15.0 Å². The second-order valence-electron chi connectivity index (χ2n) is 5.36. The Bertz CT molecular complexity index is 803. The molecule has 0 amide bonds. The Kier molecular flexibility index (Phi) is 5.94. The zero-order chi connectivity index (χ0) is 18.5. The number of halogens is 3. The van der Waals surface area contributed by atoms with Crippen molar-refractivity contribution in [3.8, 4) is 5.75 Å². The van der Waals surface area contributed by atoms with Crippen LogP contribution in [0, 0.1) is 0 Å². The highest BCUT2D eigenvalue weighted by Crippen LogP contribution is 2.31. The average molecular weight is 373 g/mol. The summed E-state index contributed by atoms with van der Waals surface area (Å²) in [6, 6.07) is 9.74. The van der Waals surface area contributed by atoms with Crippen molar-refractivity contribution in [2.45, 2.75) is 30.8 Å². The lowest BCUT2D eigenvalue weighted by atomic mass is 10.2. The van der Waals surface area contributed by atoms with Gasteiger partial charge in [0.15, 0.2) is 0 Å². The number of hydrogen-bond acceptors (Lipinski definition) is 3. The molecule has 0 bridgehead atoms. The summed E-state index contributed by atoms with van der Waals surface area (Å²) >= 11 is 0. The highest BCUT2D eigenvalue weighted by Gasteiger charge is 2.30. The van der Waals surface area contributed by atoms with E-state index in [4.69, 9.17) is 4.74 Å². The van der Waals surface area contributed by atoms with Crippen molar-refractivity contribution in [2.24, 2.45) is 0 Å². The molecular weight excluding hydrogens is 355 g/mol. The Morgan fingerprint density at radius 3 is 2.36 bits per heavy atom. The number of alkyl halides is 3. The molecule has 136 valence electrons. The summed E-state index contributed by atoms with van der Waals surface area (Å²) in [5.41, 5.74) is -1.08. The quantitative estimate of drug-likeness (QED) is 0.717. The van der Waals surface area contributed by atoms with Crippen molar-refractivity contribution in [2.75, 3.05) is 11.3 Å². The first kappa shape index (κ1) is 19.1. The van der Waals surface area contributed by atoms with Gasteiger partial charge in [0.1, 0.15) is 5.75 Å². The van der Waals surface area contributed by atoms with E-state index in [1.165, 1.54) is 30.3 Å².